The van der Waals surface area contributed by atoms with Gasteiger partial charge in [-0.2, -0.15) is 5.10 Å². The Bertz CT molecular complexity index is 1240. The van der Waals surface area contributed by atoms with E-state index >= 15 is 0 Å². The number of carbonyl (C=O) groups is 1. The van der Waals surface area contributed by atoms with Gasteiger partial charge in [0.05, 0.1) is 23.0 Å². The smallest absolute Gasteiger partial charge is 0.305 e. The SMILES string of the molecule is Cc1nn2c(ncc3c(=O)n(CCC(=O)O)ccc32)c1-c1ccc(F)cc1. The first-order valence-electron chi connectivity index (χ1n) is 8.31. The molecule has 7 nitrogen and oxygen atoms in total. The van der Waals surface area contributed by atoms with E-state index in [9.17, 15) is 14.0 Å². The summed E-state index contributed by atoms with van der Waals surface area (Å²) in [5.74, 6) is -1.30. The molecule has 0 unspecified atom stereocenters. The average molecular weight is 366 g/mol. The summed E-state index contributed by atoms with van der Waals surface area (Å²) in [5, 5.41) is 13.7. The van der Waals surface area contributed by atoms with Gasteiger partial charge in [-0.1, -0.05) is 12.1 Å². The third-order valence-corrected chi connectivity index (χ3v) is 4.46. The third-order valence-electron chi connectivity index (χ3n) is 4.46. The Labute approximate surface area is 152 Å². The van der Waals surface area contributed by atoms with Crippen LogP contribution in [0, 0.1) is 12.7 Å². The molecule has 0 saturated carbocycles. The molecule has 4 rings (SSSR count). The maximum Gasteiger partial charge on any atom is 0.305 e. The minimum atomic E-state index is -0.970. The highest BCUT2D eigenvalue weighted by molar-refractivity contribution is 5.86. The van der Waals surface area contributed by atoms with Crippen molar-refractivity contribution in [2.45, 2.75) is 19.9 Å². The van der Waals surface area contributed by atoms with E-state index in [1.54, 1.807) is 28.9 Å². The Kier molecular flexibility index (Phi) is 3.95. The van der Waals surface area contributed by atoms with Gasteiger partial charge < -0.3 is 9.67 Å². The van der Waals surface area contributed by atoms with Gasteiger partial charge in [-0.25, -0.2) is 13.9 Å². The summed E-state index contributed by atoms with van der Waals surface area (Å²) in [6.45, 7) is 1.91. The standard InChI is InChI=1S/C19H15FN4O3/c1-11-17(12-2-4-13(20)5-3-12)18-21-10-14-15(24(18)22-11)6-8-23(19(14)27)9-7-16(25)26/h2-6,8,10H,7,9H2,1H3,(H,25,26). The molecular formula is C19H15FN4O3. The zero-order valence-electron chi connectivity index (χ0n) is 14.4. The Morgan fingerprint density at radius 3 is 2.67 bits per heavy atom. The van der Waals surface area contributed by atoms with Gasteiger partial charge in [0.15, 0.2) is 5.65 Å². The number of halogens is 1. The van der Waals surface area contributed by atoms with Crippen molar-refractivity contribution >= 4 is 22.5 Å². The molecule has 0 bridgehead atoms. The lowest BCUT2D eigenvalue weighted by molar-refractivity contribution is -0.137. The number of nitrogens with zero attached hydrogens (tertiary/aromatic N) is 4. The Balaban J connectivity index is 1.91. The zero-order chi connectivity index (χ0) is 19.1. The molecule has 0 amide bonds. The predicted molar refractivity (Wildman–Crippen MR) is 97.1 cm³/mol. The molecule has 0 aliphatic carbocycles. The summed E-state index contributed by atoms with van der Waals surface area (Å²) < 4.78 is 16.2. The van der Waals surface area contributed by atoms with Crippen molar-refractivity contribution in [3.63, 3.8) is 0 Å². The van der Waals surface area contributed by atoms with Gasteiger partial charge in [0.2, 0.25) is 0 Å². The van der Waals surface area contributed by atoms with Crippen LogP contribution in [0.25, 0.3) is 27.7 Å². The Hall–Kier alpha value is -3.55. The first-order valence-corrected chi connectivity index (χ1v) is 8.31. The molecule has 1 aromatic carbocycles. The number of rotatable bonds is 4. The van der Waals surface area contributed by atoms with E-state index in [0.29, 0.717) is 22.2 Å². The highest BCUT2D eigenvalue weighted by atomic mass is 19.1. The molecule has 0 aliphatic heterocycles. The molecule has 1 N–H and O–H groups in total. The summed E-state index contributed by atoms with van der Waals surface area (Å²) in [6, 6.07) is 7.79. The van der Waals surface area contributed by atoms with Crippen LogP contribution in [0.3, 0.4) is 0 Å². The first-order chi connectivity index (χ1) is 13.0. The molecule has 8 heteroatoms. The van der Waals surface area contributed by atoms with Crippen molar-refractivity contribution in [2.75, 3.05) is 0 Å². The number of pyridine rings is 1. The van der Waals surface area contributed by atoms with Crippen molar-refractivity contribution in [3.8, 4) is 11.1 Å². The predicted octanol–water partition coefficient (Wildman–Crippen LogP) is 2.63. The molecule has 3 heterocycles. The molecule has 0 radical (unpaired) electrons. The number of aliphatic carboxylic acids is 1. The minimum absolute atomic E-state index is 0.0844. The van der Waals surface area contributed by atoms with Crippen molar-refractivity contribution in [3.05, 3.63) is 64.6 Å². The number of fused-ring (bicyclic) bond motifs is 3. The van der Waals surface area contributed by atoms with E-state index in [1.165, 1.54) is 22.9 Å². The molecular weight excluding hydrogens is 351 g/mol. The number of benzene rings is 1. The topological polar surface area (TPSA) is 89.5 Å². The van der Waals surface area contributed by atoms with Crippen LogP contribution in [-0.2, 0) is 11.3 Å². The van der Waals surface area contributed by atoms with E-state index in [1.807, 2.05) is 6.92 Å². The van der Waals surface area contributed by atoms with Crippen LogP contribution >= 0.6 is 0 Å². The first kappa shape index (κ1) is 16.9. The number of hydrogen-bond donors (Lipinski definition) is 1. The van der Waals surface area contributed by atoms with Crippen molar-refractivity contribution in [1.82, 2.24) is 19.2 Å². The fourth-order valence-electron chi connectivity index (χ4n) is 3.16. The molecule has 0 saturated heterocycles. The second kappa shape index (κ2) is 6.31. The summed E-state index contributed by atoms with van der Waals surface area (Å²) in [5.41, 5.74) is 3.08. The fourth-order valence-corrected chi connectivity index (χ4v) is 3.16. The number of carboxylic acid groups (broad SMARTS) is 1. The molecule has 3 aromatic heterocycles. The van der Waals surface area contributed by atoms with Crippen LogP contribution in [0.1, 0.15) is 12.1 Å². The minimum Gasteiger partial charge on any atom is -0.481 e. The molecule has 4 aromatic rings. The van der Waals surface area contributed by atoms with Gasteiger partial charge in [-0.3, -0.25) is 9.59 Å². The number of carboxylic acids is 1. The molecule has 0 spiro atoms. The van der Waals surface area contributed by atoms with Gasteiger partial charge in [0.25, 0.3) is 5.56 Å². The second-order valence-electron chi connectivity index (χ2n) is 6.22. The summed E-state index contributed by atoms with van der Waals surface area (Å²) >= 11 is 0. The molecule has 136 valence electrons. The van der Waals surface area contributed by atoms with Crippen LogP contribution in [0.4, 0.5) is 4.39 Å². The second-order valence-corrected chi connectivity index (χ2v) is 6.22. The summed E-state index contributed by atoms with van der Waals surface area (Å²) in [6.07, 6.45) is 2.89. The number of hydrogen-bond acceptors (Lipinski definition) is 4. The van der Waals surface area contributed by atoms with E-state index < -0.39 is 5.97 Å². The van der Waals surface area contributed by atoms with Gasteiger partial charge in [-0.15, -0.1) is 0 Å². The van der Waals surface area contributed by atoms with Crippen molar-refractivity contribution in [1.29, 1.82) is 0 Å². The van der Waals surface area contributed by atoms with Crippen LogP contribution in [0.15, 0.2) is 47.5 Å². The monoisotopic (exact) mass is 366 g/mol. The van der Waals surface area contributed by atoms with Gasteiger partial charge in [0, 0.05) is 24.5 Å². The van der Waals surface area contributed by atoms with Crippen LogP contribution in [-0.4, -0.2) is 30.2 Å². The quantitative estimate of drug-likeness (QED) is 0.600. The van der Waals surface area contributed by atoms with E-state index in [2.05, 4.69) is 10.1 Å². The number of aromatic nitrogens is 4. The van der Waals surface area contributed by atoms with Crippen LogP contribution in [0.2, 0.25) is 0 Å². The largest absolute Gasteiger partial charge is 0.481 e. The third kappa shape index (κ3) is 2.84. The molecule has 0 fully saturated rings. The fraction of sp³-hybridized carbons (Fsp3) is 0.158. The van der Waals surface area contributed by atoms with Gasteiger partial charge >= 0.3 is 5.97 Å². The van der Waals surface area contributed by atoms with Crippen LogP contribution < -0.4 is 5.56 Å². The lowest BCUT2D eigenvalue weighted by Crippen LogP contribution is -2.21. The van der Waals surface area contributed by atoms with Crippen molar-refractivity contribution in [2.24, 2.45) is 0 Å². The summed E-state index contributed by atoms with van der Waals surface area (Å²) in [4.78, 5) is 27.8. The highest BCUT2D eigenvalue weighted by Crippen LogP contribution is 2.28. The maximum atomic E-state index is 13.2. The zero-order valence-corrected chi connectivity index (χ0v) is 14.4. The van der Waals surface area contributed by atoms with Gasteiger partial charge in [0.1, 0.15) is 5.82 Å². The van der Waals surface area contributed by atoms with E-state index in [0.717, 1.165) is 11.1 Å². The van der Waals surface area contributed by atoms with E-state index in [-0.39, 0.29) is 24.3 Å². The van der Waals surface area contributed by atoms with E-state index in [4.69, 9.17) is 5.11 Å². The highest BCUT2D eigenvalue weighted by Gasteiger charge is 2.16. The number of aryl methyl sites for hydroxylation is 2. The maximum absolute atomic E-state index is 13.2. The van der Waals surface area contributed by atoms with Crippen LogP contribution in [0.5, 0.6) is 0 Å². The lowest BCUT2D eigenvalue weighted by Gasteiger charge is -2.07. The lowest BCUT2D eigenvalue weighted by atomic mass is 10.1. The summed E-state index contributed by atoms with van der Waals surface area (Å²) in [7, 11) is 0. The van der Waals surface area contributed by atoms with Gasteiger partial charge in [-0.05, 0) is 30.7 Å². The molecule has 27 heavy (non-hydrogen) atoms. The average Bonchev–Trinajstić information content (AvgIpc) is 2.98. The Morgan fingerprint density at radius 2 is 1.96 bits per heavy atom. The molecule has 0 aliphatic rings. The molecule has 0 atom stereocenters. The van der Waals surface area contributed by atoms with Crippen molar-refractivity contribution < 1.29 is 14.3 Å². The Morgan fingerprint density at radius 1 is 1.22 bits per heavy atom. The normalized spacial score (nSPS) is 11.3.